The van der Waals surface area contributed by atoms with E-state index in [2.05, 4.69) is 17.0 Å². The van der Waals surface area contributed by atoms with Crippen LogP contribution in [-0.4, -0.2) is 35.7 Å². The van der Waals surface area contributed by atoms with Crippen LogP contribution in [0.1, 0.15) is 11.1 Å². The lowest BCUT2D eigenvalue weighted by molar-refractivity contribution is 0.0992. The number of hydrogen-bond acceptors (Lipinski definition) is 3. The lowest BCUT2D eigenvalue weighted by atomic mass is 10.0. The molecule has 0 aliphatic heterocycles. The lowest BCUT2D eigenvalue weighted by Gasteiger charge is -2.25. The largest absolute Gasteiger partial charge is 0.390 e. The number of benzene rings is 2. The molecule has 0 heterocycles. The summed E-state index contributed by atoms with van der Waals surface area (Å²) in [4.78, 5) is 2.10. The van der Waals surface area contributed by atoms with Gasteiger partial charge in [0.25, 0.3) is 0 Å². The van der Waals surface area contributed by atoms with Crippen LogP contribution in [0.3, 0.4) is 0 Å². The van der Waals surface area contributed by atoms with Gasteiger partial charge >= 0.3 is 0 Å². The van der Waals surface area contributed by atoms with Gasteiger partial charge < -0.3 is 10.8 Å². The second-order valence-corrected chi connectivity index (χ2v) is 5.60. The quantitative estimate of drug-likeness (QED) is 0.801. The van der Waals surface area contributed by atoms with Gasteiger partial charge in [-0.3, -0.25) is 4.90 Å². The van der Waals surface area contributed by atoms with Crippen LogP contribution >= 0.6 is 24.8 Å². The lowest BCUT2D eigenvalue weighted by Crippen LogP contribution is -2.43. The fourth-order valence-corrected chi connectivity index (χ4v) is 2.44. The van der Waals surface area contributed by atoms with Gasteiger partial charge in [-0.15, -0.1) is 24.8 Å². The summed E-state index contributed by atoms with van der Waals surface area (Å²) < 4.78 is 0. The molecule has 5 heteroatoms. The van der Waals surface area contributed by atoms with Crippen LogP contribution in [0.5, 0.6) is 0 Å². The van der Waals surface area contributed by atoms with Gasteiger partial charge in [-0.2, -0.15) is 0 Å². The van der Waals surface area contributed by atoms with Crippen molar-refractivity contribution in [2.24, 2.45) is 5.73 Å². The molecular weight excluding hydrogens is 331 g/mol. The Bertz CT molecular complexity index is 525. The second-order valence-electron chi connectivity index (χ2n) is 5.60. The van der Waals surface area contributed by atoms with E-state index in [1.807, 2.05) is 55.6 Å². The molecule has 0 fully saturated rings. The molecule has 3 nitrogen and oxygen atoms in total. The van der Waals surface area contributed by atoms with Gasteiger partial charge in [-0.1, -0.05) is 60.7 Å². The van der Waals surface area contributed by atoms with Crippen LogP contribution in [0.4, 0.5) is 0 Å². The second kappa shape index (κ2) is 11.4. The highest BCUT2D eigenvalue weighted by molar-refractivity contribution is 5.85. The van der Waals surface area contributed by atoms with E-state index in [9.17, 15) is 5.11 Å². The van der Waals surface area contributed by atoms with Crippen molar-refractivity contribution >= 4 is 24.8 Å². The first kappa shape index (κ1) is 21.9. The van der Waals surface area contributed by atoms with Crippen molar-refractivity contribution in [1.29, 1.82) is 0 Å². The maximum Gasteiger partial charge on any atom is 0.0820 e. The van der Waals surface area contributed by atoms with Gasteiger partial charge in [0.1, 0.15) is 0 Å². The number of nitrogens with two attached hydrogens (primary N) is 1. The highest BCUT2D eigenvalue weighted by atomic mass is 35.5. The highest BCUT2D eigenvalue weighted by Crippen LogP contribution is 2.07. The smallest absolute Gasteiger partial charge is 0.0820 e. The topological polar surface area (TPSA) is 49.5 Å². The monoisotopic (exact) mass is 356 g/mol. The molecule has 0 aromatic heterocycles. The molecule has 0 unspecified atom stereocenters. The number of hydrogen-bond donors (Lipinski definition) is 2. The minimum atomic E-state index is -0.529. The van der Waals surface area contributed by atoms with Crippen LogP contribution in [0.25, 0.3) is 0 Å². The summed E-state index contributed by atoms with van der Waals surface area (Å²) in [5.74, 6) is 0. The Morgan fingerprint density at radius 3 is 1.91 bits per heavy atom. The fraction of sp³-hybridized carbons (Fsp3) is 0.333. The standard InChI is InChI=1S/C18H24N2O.2ClH/c1-20(13-16-10-6-3-7-11-16)14-18(21)17(19)12-15-8-4-2-5-9-15;;/h2-11,17-18,21H,12-14,19H2,1H3;2*1H/t17-,18+;;/m1../s1. The zero-order valence-corrected chi connectivity index (χ0v) is 15.0. The van der Waals surface area contributed by atoms with E-state index in [0.717, 1.165) is 12.1 Å². The summed E-state index contributed by atoms with van der Waals surface area (Å²) in [6, 6.07) is 20.1. The van der Waals surface area contributed by atoms with Crippen molar-refractivity contribution < 1.29 is 5.11 Å². The summed E-state index contributed by atoms with van der Waals surface area (Å²) in [7, 11) is 2.01. The average Bonchev–Trinajstić information content (AvgIpc) is 2.49. The highest BCUT2D eigenvalue weighted by Gasteiger charge is 2.17. The molecule has 0 bridgehead atoms. The Morgan fingerprint density at radius 2 is 1.39 bits per heavy atom. The third kappa shape index (κ3) is 7.82. The van der Waals surface area contributed by atoms with Gasteiger partial charge in [0.15, 0.2) is 0 Å². The minimum absolute atomic E-state index is 0. The molecule has 2 aromatic rings. The molecule has 0 spiro atoms. The van der Waals surface area contributed by atoms with Crippen LogP contribution in [0.15, 0.2) is 60.7 Å². The Balaban J connectivity index is 0.00000242. The number of aliphatic hydroxyl groups excluding tert-OH is 1. The summed E-state index contributed by atoms with van der Waals surface area (Å²) in [6.45, 7) is 1.39. The molecule has 2 rings (SSSR count). The van der Waals surface area contributed by atoms with Gasteiger partial charge in [0.2, 0.25) is 0 Å². The summed E-state index contributed by atoms with van der Waals surface area (Å²) in [5.41, 5.74) is 8.52. The zero-order chi connectivity index (χ0) is 15.1. The molecule has 0 aliphatic rings. The SMILES string of the molecule is CN(Cc1ccccc1)C[C@H](O)[C@H](N)Cc1ccccc1.Cl.Cl. The Kier molecular flexibility index (Phi) is 10.9. The van der Waals surface area contributed by atoms with E-state index in [4.69, 9.17) is 5.73 Å². The van der Waals surface area contributed by atoms with Crippen molar-refractivity contribution in [3.8, 4) is 0 Å². The van der Waals surface area contributed by atoms with Crippen molar-refractivity contribution in [3.05, 3.63) is 71.8 Å². The molecule has 0 aliphatic carbocycles. The van der Waals surface area contributed by atoms with Crippen molar-refractivity contribution in [3.63, 3.8) is 0 Å². The summed E-state index contributed by atoms with van der Waals surface area (Å²) in [5, 5.41) is 10.3. The zero-order valence-electron chi connectivity index (χ0n) is 13.3. The number of rotatable bonds is 7. The Labute approximate surface area is 151 Å². The van der Waals surface area contributed by atoms with E-state index in [-0.39, 0.29) is 30.9 Å². The van der Waals surface area contributed by atoms with Crippen molar-refractivity contribution in [2.45, 2.75) is 25.1 Å². The molecule has 2 aromatic carbocycles. The molecule has 128 valence electrons. The molecule has 0 amide bonds. The minimum Gasteiger partial charge on any atom is -0.390 e. The summed E-state index contributed by atoms with van der Waals surface area (Å²) in [6.07, 6.45) is 0.167. The first-order valence-electron chi connectivity index (χ1n) is 7.35. The third-order valence-corrected chi connectivity index (χ3v) is 3.60. The maximum atomic E-state index is 10.3. The van der Waals surface area contributed by atoms with Gasteiger partial charge in [0.05, 0.1) is 6.10 Å². The number of halogens is 2. The Morgan fingerprint density at radius 1 is 0.913 bits per heavy atom. The molecule has 0 saturated carbocycles. The van der Waals surface area contributed by atoms with Crippen LogP contribution in [-0.2, 0) is 13.0 Å². The molecular formula is C18H26Cl2N2O. The van der Waals surface area contributed by atoms with E-state index in [1.54, 1.807) is 0 Å². The predicted molar refractivity (Wildman–Crippen MR) is 101 cm³/mol. The van der Waals surface area contributed by atoms with Crippen molar-refractivity contribution in [2.75, 3.05) is 13.6 Å². The van der Waals surface area contributed by atoms with Gasteiger partial charge in [-0.05, 0) is 24.6 Å². The molecule has 3 N–H and O–H groups in total. The fourth-order valence-electron chi connectivity index (χ4n) is 2.44. The van der Waals surface area contributed by atoms with Crippen LogP contribution in [0, 0.1) is 0 Å². The molecule has 0 saturated heterocycles. The third-order valence-electron chi connectivity index (χ3n) is 3.60. The molecule has 0 radical (unpaired) electrons. The first-order valence-corrected chi connectivity index (χ1v) is 7.35. The van der Waals surface area contributed by atoms with E-state index < -0.39 is 6.10 Å². The van der Waals surface area contributed by atoms with Crippen LogP contribution < -0.4 is 5.73 Å². The number of nitrogens with zero attached hydrogens (tertiary/aromatic N) is 1. The molecule has 23 heavy (non-hydrogen) atoms. The number of aliphatic hydroxyl groups is 1. The average molecular weight is 357 g/mol. The van der Waals surface area contributed by atoms with E-state index in [1.165, 1.54) is 5.56 Å². The Hall–Kier alpha value is -1.10. The van der Waals surface area contributed by atoms with E-state index in [0.29, 0.717) is 13.0 Å². The summed E-state index contributed by atoms with van der Waals surface area (Å²) >= 11 is 0. The maximum absolute atomic E-state index is 10.3. The van der Waals surface area contributed by atoms with Crippen molar-refractivity contribution in [1.82, 2.24) is 4.90 Å². The van der Waals surface area contributed by atoms with Crippen LogP contribution in [0.2, 0.25) is 0 Å². The predicted octanol–water partition coefficient (Wildman–Crippen LogP) is 2.89. The normalized spacial score (nSPS) is 12.9. The van der Waals surface area contributed by atoms with Gasteiger partial charge in [-0.25, -0.2) is 0 Å². The van der Waals surface area contributed by atoms with Gasteiger partial charge in [0, 0.05) is 19.1 Å². The van der Waals surface area contributed by atoms with E-state index >= 15 is 0 Å². The first-order chi connectivity index (χ1) is 10.1. The molecule has 2 atom stereocenters. The number of likely N-dealkylation sites (N-methyl/N-ethyl adjacent to an activating group) is 1.